The van der Waals surface area contributed by atoms with Crippen LogP contribution in [0.2, 0.25) is 5.15 Å². The van der Waals surface area contributed by atoms with E-state index < -0.39 is 11.8 Å². The first kappa shape index (κ1) is 20.7. The predicted octanol–water partition coefficient (Wildman–Crippen LogP) is 4.30. The fourth-order valence-electron chi connectivity index (χ4n) is 2.13. The van der Waals surface area contributed by atoms with Crippen LogP contribution in [-0.2, 0) is 9.47 Å². The molecule has 8 heteroatoms. The molecule has 0 aliphatic heterocycles. The first-order valence-corrected chi connectivity index (χ1v) is 8.51. The molecule has 0 radical (unpaired) electrons. The summed E-state index contributed by atoms with van der Waals surface area (Å²) in [5, 5.41) is 0.105. The minimum absolute atomic E-state index is 0.0102. The van der Waals surface area contributed by atoms with Gasteiger partial charge in [-0.15, -0.1) is 0 Å². The number of carbonyl (C=O) groups is 2. The van der Waals surface area contributed by atoms with Gasteiger partial charge in [0, 0.05) is 19.0 Å². The van der Waals surface area contributed by atoms with Gasteiger partial charge in [0.2, 0.25) is 0 Å². The minimum atomic E-state index is -0.804. The van der Waals surface area contributed by atoms with E-state index in [1.54, 1.807) is 57.2 Å². The van der Waals surface area contributed by atoms with Gasteiger partial charge in [-0.2, -0.15) is 0 Å². The summed E-state index contributed by atoms with van der Waals surface area (Å²) in [7, 11) is 1.48. The van der Waals surface area contributed by atoms with Gasteiger partial charge in [-0.25, -0.2) is 9.78 Å². The Bertz CT molecular complexity index is 802. The Kier molecular flexibility index (Phi) is 6.76. The number of rotatable bonds is 5. The molecule has 0 spiro atoms. The number of amides is 1. The Morgan fingerprint density at radius 2 is 1.81 bits per heavy atom. The van der Waals surface area contributed by atoms with Crippen molar-refractivity contribution >= 4 is 29.4 Å². The molecule has 0 unspecified atom stereocenters. The van der Waals surface area contributed by atoms with Crippen LogP contribution in [0.5, 0.6) is 5.75 Å². The van der Waals surface area contributed by atoms with Crippen molar-refractivity contribution in [2.45, 2.75) is 26.4 Å². The molecular formula is C19H21ClN2O5. The quantitative estimate of drug-likeness (QED) is 0.327. The van der Waals surface area contributed by atoms with E-state index in [9.17, 15) is 9.59 Å². The van der Waals surface area contributed by atoms with Crippen LogP contribution in [0.15, 0.2) is 42.6 Å². The lowest BCUT2D eigenvalue weighted by Crippen LogP contribution is -2.33. The predicted molar refractivity (Wildman–Crippen MR) is 101 cm³/mol. The third-order valence-corrected chi connectivity index (χ3v) is 3.53. The van der Waals surface area contributed by atoms with Gasteiger partial charge >= 0.3 is 6.16 Å². The summed E-state index contributed by atoms with van der Waals surface area (Å²) >= 11 is 6.02. The fraction of sp³-hybridized carbons (Fsp3) is 0.316. The summed E-state index contributed by atoms with van der Waals surface area (Å²) in [6.45, 7) is 5.25. The standard InChI is InChI=1S/C19H21ClN2O5/c1-19(2,3)27-18(24)26-14-9-7-13(8-10-14)22(12-25-4)17(23)15-6-5-11-21-16(15)20/h5-11H,12H2,1-4H3. The zero-order valence-electron chi connectivity index (χ0n) is 15.6. The van der Waals surface area contributed by atoms with E-state index in [0.29, 0.717) is 5.69 Å². The van der Waals surface area contributed by atoms with Crippen molar-refractivity contribution in [2.24, 2.45) is 0 Å². The molecule has 144 valence electrons. The van der Waals surface area contributed by atoms with E-state index in [1.165, 1.54) is 18.2 Å². The van der Waals surface area contributed by atoms with E-state index in [0.717, 1.165) is 0 Å². The average molecular weight is 393 g/mol. The van der Waals surface area contributed by atoms with Crippen LogP contribution in [0.3, 0.4) is 0 Å². The summed E-state index contributed by atoms with van der Waals surface area (Å²) < 4.78 is 15.3. The van der Waals surface area contributed by atoms with Gasteiger partial charge in [0.1, 0.15) is 23.2 Å². The lowest BCUT2D eigenvalue weighted by atomic mass is 10.2. The number of benzene rings is 1. The van der Waals surface area contributed by atoms with Crippen LogP contribution in [0, 0.1) is 0 Å². The molecule has 0 aliphatic carbocycles. The van der Waals surface area contributed by atoms with Crippen LogP contribution in [0.4, 0.5) is 10.5 Å². The Morgan fingerprint density at radius 3 is 2.37 bits per heavy atom. The van der Waals surface area contributed by atoms with Crippen molar-refractivity contribution < 1.29 is 23.8 Å². The topological polar surface area (TPSA) is 78.0 Å². The maximum absolute atomic E-state index is 12.8. The van der Waals surface area contributed by atoms with E-state index in [2.05, 4.69) is 4.98 Å². The van der Waals surface area contributed by atoms with E-state index in [-0.39, 0.29) is 29.1 Å². The molecule has 0 bridgehead atoms. The normalized spacial score (nSPS) is 11.0. The van der Waals surface area contributed by atoms with Crippen molar-refractivity contribution in [3.05, 3.63) is 53.3 Å². The van der Waals surface area contributed by atoms with Crippen LogP contribution >= 0.6 is 11.6 Å². The molecule has 0 aliphatic rings. The number of anilines is 1. The number of carbonyl (C=O) groups excluding carboxylic acids is 2. The van der Waals surface area contributed by atoms with E-state index >= 15 is 0 Å². The number of methoxy groups -OCH3 is 1. The Balaban J connectivity index is 2.17. The summed E-state index contributed by atoms with van der Waals surface area (Å²) in [5.41, 5.74) is 0.144. The second-order valence-corrected chi connectivity index (χ2v) is 6.91. The largest absolute Gasteiger partial charge is 0.514 e. The molecule has 0 saturated carbocycles. The van der Waals surface area contributed by atoms with E-state index in [1.807, 2.05) is 0 Å². The molecule has 2 rings (SSSR count). The van der Waals surface area contributed by atoms with Crippen molar-refractivity contribution in [1.29, 1.82) is 0 Å². The molecule has 7 nitrogen and oxygen atoms in total. The van der Waals surface area contributed by atoms with Crippen molar-refractivity contribution in [3.8, 4) is 5.75 Å². The number of halogens is 1. The SMILES string of the molecule is COCN(C(=O)c1cccnc1Cl)c1ccc(OC(=O)OC(C)(C)C)cc1. The zero-order chi connectivity index (χ0) is 20.0. The number of pyridine rings is 1. The van der Waals surface area contributed by atoms with E-state index in [4.69, 9.17) is 25.8 Å². The Labute approximate surface area is 162 Å². The maximum Gasteiger partial charge on any atom is 0.514 e. The van der Waals surface area contributed by atoms with Gasteiger partial charge in [0.15, 0.2) is 0 Å². The zero-order valence-corrected chi connectivity index (χ0v) is 16.3. The molecular weight excluding hydrogens is 372 g/mol. The highest BCUT2D eigenvalue weighted by Crippen LogP contribution is 2.24. The number of ether oxygens (including phenoxy) is 3. The third-order valence-electron chi connectivity index (χ3n) is 3.23. The Hall–Kier alpha value is -2.64. The molecule has 1 amide bonds. The van der Waals surface area contributed by atoms with Gasteiger partial charge in [0.25, 0.3) is 5.91 Å². The molecule has 0 fully saturated rings. The van der Waals surface area contributed by atoms with Crippen LogP contribution < -0.4 is 9.64 Å². The first-order chi connectivity index (χ1) is 12.7. The molecule has 1 aromatic heterocycles. The number of nitrogens with zero attached hydrogens (tertiary/aromatic N) is 2. The third kappa shape index (κ3) is 5.94. The van der Waals surface area contributed by atoms with Crippen LogP contribution in [0.1, 0.15) is 31.1 Å². The number of hydrogen-bond donors (Lipinski definition) is 0. The van der Waals surface area contributed by atoms with Crippen LogP contribution in [-0.4, -0.2) is 36.5 Å². The molecule has 2 aromatic rings. The van der Waals surface area contributed by atoms with Gasteiger partial charge < -0.3 is 14.2 Å². The van der Waals surface area contributed by atoms with Crippen molar-refractivity contribution in [2.75, 3.05) is 18.7 Å². The average Bonchev–Trinajstić information content (AvgIpc) is 2.59. The second kappa shape index (κ2) is 8.83. The lowest BCUT2D eigenvalue weighted by molar-refractivity contribution is 0.0206. The monoisotopic (exact) mass is 392 g/mol. The smallest absolute Gasteiger partial charge is 0.428 e. The molecule has 27 heavy (non-hydrogen) atoms. The number of hydrogen-bond acceptors (Lipinski definition) is 6. The van der Waals surface area contributed by atoms with Crippen molar-refractivity contribution in [3.63, 3.8) is 0 Å². The molecule has 0 atom stereocenters. The second-order valence-electron chi connectivity index (χ2n) is 6.55. The molecule has 1 heterocycles. The highest BCUT2D eigenvalue weighted by atomic mass is 35.5. The minimum Gasteiger partial charge on any atom is -0.428 e. The lowest BCUT2D eigenvalue weighted by Gasteiger charge is -2.22. The molecule has 1 aromatic carbocycles. The summed E-state index contributed by atoms with van der Waals surface area (Å²) in [4.78, 5) is 29.8. The van der Waals surface area contributed by atoms with Gasteiger partial charge in [0.05, 0.1) is 5.56 Å². The summed E-state index contributed by atoms with van der Waals surface area (Å²) in [6, 6.07) is 9.57. The summed E-state index contributed by atoms with van der Waals surface area (Å²) in [5.74, 6) is -0.0759. The Morgan fingerprint density at radius 1 is 1.15 bits per heavy atom. The highest BCUT2D eigenvalue weighted by molar-refractivity contribution is 6.33. The fourth-order valence-corrected chi connectivity index (χ4v) is 2.33. The first-order valence-electron chi connectivity index (χ1n) is 8.13. The summed E-state index contributed by atoms with van der Waals surface area (Å²) in [6.07, 6.45) is 0.699. The molecule has 0 N–H and O–H groups in total. The maximum atomic E-state index is 12.8. The van der Waals surface area contributed by atoms with Gasteiger partial charge in [-0.05, 0) is 57.2 Å². The van der Waals surface area contributed by atoms with Crippen LogP contribution in [0.25, 0.3) is 0 Å². The van der Waals surface area contributed by atoms with Crippen molar-refractivity contribution in [1.82, 2.24) is 4.98 Å². The van der Waals surface area contributed by atoms with Gasteiger partial charge in [-0.3, -0.25) is 9.69 Å². The number of aromatic nitrogens is 1. The molecule has 0 saturated heterocycles. The van der Waals surface area contributed by atoms with Gasteiger partial charge in [-0.1, -0.05) is 11.6 Å². The highest BCUT2D eigenvalue weighted by Gasteiger charge is 2.21.